The van der Waals surface area contributed by atoms with Crippen molar-refractivity contribution in [1.82, 2.24) is 4.98 Å². The van der Waals surface area contributed by atoms with Crippen molar-refractivity contribution in [3.05, 3.63) is 16.1 Å². The highest BCUT2D eigenvalue weighted by atomic mass is 32.1. The maximum Gasteiger partial charge on any atom is 0.365 e. The van der Waals surface area contributed by atoms with Crippen LogP contribution in [0.3, 0.4) is 0 Å². The highest BCUT2D eigenvalue weighted by Gasteiger charge is 2.40. The summed E-state index contributed by atoms with van der Waals surface area (Å²) < 4.78 is 52.6. The third-order valence-electron chi connectivity index (χ3n) is 1.60. The molecule has 0 bridgehead atoms. The summed E-state index contributed by atoms with van der Waals surface area (Å²) in [5.74, 6) is -5.47. The molecule has 0 aliphatic rings. The van der Waals surface area contributed by atoms with Crippen LogP contribution in [0.4, 0.5) is 17.6 Å². The third-order valence-corrected chi connectivity index (χ3v) is 2.48. The lowest BCUT2D eigenvalue weighted by molar-refractivity contribution is -0.168. The zero-order valence-electron chi connectivity index (χ0n) is 8.20. The van der Waals surface area contributed by atoms with Crippen molar-refractivity contribution < 1.29 is 32.2 Å². The zero-order valence-corrected chi connectivity index (χ0v) is 9.02. The van der Waals surface area contributed by atoms with Gasteiger partial charge in [-0.15, -0.1) is 11.3 Å². The first-order chi connectivity index (χ1) is 7.83. The molecule has 1 N–H and O–H groups in total. The summed E-state index contributed by atoms with van der Waals surface area (Å²) in [6.07, 6.45) is -3.80. The van der Waals surface area contributed by atoms with Crippen LogP contribution in [-0.4, -0.2) is 35.0 Å². The minimum Gasteiger partial charge on any atom is -0.476 e. The van der Waals surface area contributed by atoms with Gasteiger partial charge in [-0.1, -0.05) is 0 Å². The summed E-state index contributed by atoms with van der Waals surface area (Å²) in [4.78, 5) is 14.0. The van der Waals surface area contributed by atoms with Crippen LogP contribution in [0.2, 0.25) is 0 Å². The second-order valence-corrected chi connectivity index (χ2v) is 3.86. The van der Waals surface area contributed by atoms with Crippen molar-refractivity contribution in [2.24, 2.45) is 0 Å². The zero-order chi connectivity index (χ0) is 13.1. The van der Waals surface area contributed by atoms with E-state index in [9.17, 15) is 22.4 Å². The summed E-state index contributed by atoms with van der Waals surface area (Å²) in [5, 5.41) is 9.59. The van der Waals surface area contributed by atoms with E-state index in [0.717, 1.165) is 11.3 Å². The van der Waals surface area contributed by atoms with Crippen LogP contribution in [0.5, 0.6) is 0 Å². The predicted molar refractivity (Wildman–Crippen MR) is 49.7 cm³/mol. The molecule has 0 atom stereocenters. The first kappa shape index (κ1) is 13.8. The number of aromatic carboxylic acids is 1. The van der Waals surface area contributed by atoms with Gasteiger partial charge in [-0.05, 0) is 0 Å². The fourth-order valence-corrected chi connectivity index (χ4v) is 1.47. The van der Waals surface area contributed by atoms with Gasteiger partial charge in [0.15, 0.2) is 0 Å². The van der Waals surface area contributed by atoms with Gasteiger partial charge in [0.05, 0.1) is 12.3 Å². The van der Waals surface area contributed by atoms with Gasteiger partial charge >= 0.3 is 18.3 Å². The average Bonchev–Trinajstić information content (AvgIpc) is 2.66. The monoisotopic (exact) mass is 273 g/mol. The van der Waals surface area contributed by atoms with E-state index >= 15 is 0 Å². The fraction of sp³-hybridized carbons (Fsp3) is 0.500. The minimum absolute atomic E-state index is 0.109. The summed E-state index contributed by atoms with van der Waals surface area (Å²) in [7, 11) is 0. The molecule has 1 aromatic rings. The molecular formula is C8H7F4NO3S. The molecule has 0 saturated carbocycles. The molecule has 0 aliphatic heterocycles. The van der Waals surface area contributed by atoms with Crippen LogP contribution >= 0.6 is 11.3 Å². The quantitative estimate of drug-likeness (QED) is 0.808. The molecule has 0 unspecified atom stereocenters. The van der Waals surface area contributed by atoms with E-state index in [1.807, 2.05) is 0 Å². The largest absolute Gasteiger partial charge is 0.476 e. The molecule has 0 saturated heterocycles. The summed E-state index contributed by atoms with van der Waals surface area (Å²) in [6, 6.07) is 0. The second kappa shape index (κ2) is 5.41. The van der Waals surface area contributed by atoms with Crippen LogP contribution in [-0.2, 0) is 11.3 Å². The Hall–Kier alpha value is -1.22. The standard InChI is InChI=1S/C8H7F4NO3S/c9-7(10)8(11,12)3-16-1-4-2-17-5(13-4)6(14)15/h2,7H,1,3H2,(H,14,15). The number of nitrogens with zero attached hydrogens (tertiary/aromatic N) is 1. The van der Waals surface area contributed by atoms with Gasteiger partial charge in [0.1, 0.15) is 6.61 Å². The summed E-state index contributed by atoms with van der Waals surface area (Å²) in [6.45, 7) is -1.88. The van der Waals surface area contributed by atoms with Crippen LogP contribution in [0, 0.1) is 0 Å². The lowest BCUT2D eigenvalue weighted by Gasteiger charge is -2.14. The molecule has 17 heavy (non-hydrogen) atoms. The van der Waals surface area contributed by atoms with Gasteiger partial charge in [0.25, 0.3) is 0 Å². The third kappa shape index (κ3) is 3.93. The van der Waals surface area contributed by atoms with E-state index in [4.69, 9.17) is 5.11 Å². The number of hydrogen-bond donors (Lipinski definition) is 1. The fourth-order valence-electron chi connectivity index (χ4n) is 0.826. The van der Waals surface area contributed by atoms with Crippen molar-refractivity contribution in [3.63, 3.8) is 0 Å². The number of aromatic nitrogens is 1. The molecule has 0 aromatic carbocycles. The Bertz CT molecular complexity index is 396. The molecule has 0 aliphatic carbocycles. The van der Waals surface area contributed by atoms with Gasteiger partial charge in [0.2, 0.25) is 5.01 Å². The SMILES string of the molecule is O=C(O)c1nc(COCC(F)(F)C(F)F)cs1. The van der Waals surface area contributed by atoms with Crippen molar-refractivity contribution in [3.8, 4) is 0 Å². The van der Waals surface area contributed by atoms with Crippen LogP contribution in [0.15, 0.2) is 5.38 Å². The Morgan fingerprint density at radius 2 is 2.24 bits per heavy atom. The van der Waals surface area contributed by atoms with Crippen LogP contribution in [0.25, 0.3) is 0 Å². The Morgan fingerprint density at radius 1 is 1.59 bits per heavy atom. The number of alkyl halides is 4. The highest BCUT2D eigenvalue weighted by molar-refractivity contribution is 7.11. The highest BCUT2D eigenvalue weighted by Crippen LogP contribution is 2.23. The number of halogens is 4. The van der Waals surface area contributed by atoms with Crippen molar-refractivity contribution in [2.75, 3.05) is 6.61 Å². The number of ether oxygens (including phenoxy) is 1. The number of hydrogen-bond acceptors (Lipinski definition) is 4. The number of carboxylic acids is 1. The molecule has 1 aromatic heterocycles. The number of carbonyl (C=O) groups is 1. The molecule has 96 valence electrons. The summed E-state index contributed by atoms with van der Waals surface area (Å²) >= 11 is 0.796. The Balaban J connectivity index is 2.43. The van der Waals surface area contributed by atoms with E-state index in [0.29, 0.717) is 0 Å². The molecule has 4 nitrogen and oxygen atoms in total. The first-order valence-electron chi connectivity index (χ1n) is 4.24. The molecule has 1 rings (SSSR count). The molecular weight excluding hydrogens is 266 g/mol. The molecule has 0 fully saturated rings. The first-order valence-corrected chi connectivity index (χ1v) is 5.12. The molecule has 0 spiro atoms. The smallest absolute Gasteiger partial charge is 0.365 e. The van der Waals surface area contributed by atoms with Crippen molar-refractivity contribution in [2.45, 2.75) is 19.0 Å². The maximum atomic E-state index is 12.4. The maximum absolute atomic E-state index is 12.4. The van der Waals surface area contributed by atoms with Crippen LogP contribution in [0.1, 0.15) is 15.5 Å². The van der Waals surface area contributed by atoms with Gasteiger partial charge in [-0.3, -0.25) is 0 Å². The van der Waals surface area contributed by atoms with E-state index in [1.165, 1.54) is 5.38 Å². The molecule has 9 heteroatoms. The Kier molecular flexibility index (Phi) is 4.40. The van der Waals surface area contributed by atoms with Crippen molar-refractivity contribution >= 4 is 17.3 Å². The van der Waals surface area contributed by atoms with E-state index < -0.39 is 31.5 Å². The lowest BCUT2D eigenvalue weighted by Crippen LogP contribution is -2.32. The van der Waals surface area contributed by atoms with Gasteiger partial charge in [-0.25, -0.2) is 18.6 Å². The predicted octanol–water partition coefficient (Wildman–Crippen LogP) is 2.26. The normalized spacial score (nSPS) is 12.1. The minimum atomic E-state index is -4.22. The van der Waals surface area contributed by atoms with Crippen LogP contribution < -0.4 is 0 Å². The van der Waals surface area contributed by atoms with Gasteiger partial charge in [-0.2, -0.15) is 8.78 Å². The van der Waals surface area contributed by atoms with E-state index in [2.05, 4.69) is 9.72 Å². The van der Waals surface area contributed by atoms with E-state index in [-0.39, 0.29) is 10.7 Å². The van der Waals surface area contributed by atoms with E-state index in [1.54, 1.807) is 0 Å². The lowest BCUT2D eigenvalue weighted by atomic mass is 10.4. The summed E-state index contributed by atoms with van der Waals surface area (Å²) in [5.41, 5.74) is 0.109. The Labute approximate surface area is 96.8 Å². The molecule has 0 radical (unpaired) electrons. The number of rotatable bonds is 6. The average molecular weight is 273 g/mol. The second-order valence-electron chi connectivity index (χ2n) is 3.00. The topological polar surface area (TPSA) is 59.4 Å². The molecule has 1 heterocycles. The molecule has 0 amide bonds. The van der Waals surface area contributed by atoms with Gasteiger partial charge in [0, 0.05) is 5.38 Å². The Morgan fingerprint density at radius 3 is 2.71 bits per heavy atom. The van der Waals surface area contributed by atoms with Gasteiger partial charge < -0.3 is 9.84 Å². The number of carboxylic acid groups (broad SMARTS) is 1. The number of thiazole rings is 1. The van der Waals surface area contributed by atoms with Crippen molar-refractivity contribution in [1.29, 1.82) is 0 Å².